The van der Waals surface area contributed by atoms with E-state index in [-0.39, 0.29) is 18.2 Å². The van der Waals surface area contributed by atoms with Crippen LogP contribution in [0.3, 0.4) is 0 Å². The molecule has 0 fully saturated rings. The van der Waals surface area contributed by atoms with Crippen LogP contribution in [0, 0.1) is 19.7 Å². The van der Waals surface area contributed by atoms with Crippen LogP contribution in [0.25, 0.3) is 22.3 Å². The molecule has 0 spiro atoms. The highest BCUT2D eigenvalue weighted by Gasteiger charge is 2.32. The third-order valence-electron chi connectivity index (χ3n) is 7.66. The molecule has 192 valence electrons. The van der Waals surface area contributed by atoms with Crippen molar-refractivity contribution in [2.45, 2.75) is 45.1 Å². The van der Waals surface area contributed by atoms with Gasteiger partial charge in [-0.3, -0.25) is 9.78 Å². The van der Waals surface area contributed by atoms with Gasteiger partial charge in [-0.15, -0.1) is 0 Å². The van der Waals surface area contributed by atoms with E-state index in [1.165, 1.54) is 0 Å². The average molecular weight is 510 g/mol. The van der Waals surface area contributed by atoms with Crippen LogP contribution in [-0.4, -0.2) is 22.7 Å². The zero-order chi connectivity index (χ0) is 26.4. The largest absolute Gasteiger partial charge is 0.492 e. The number of benzene rings is 3. The lowest BCUT2D eigenvalue weighted by molar-refractivity contribution is -0.137. The predicted molar refractivity (Wildman–Crippen MR) is 143 cm³/mol. The normalized spacial score (nSPS) is 17.6. The Morgan fingerprint density at radius 1 is 1.05 bits per heavy atom. The van der Waals surface area contributed by atoms with Crippen molar-refractivity contribution in [1.29, 1.82) is 0 Å². The van der Waals surface area contributed by atoms with E-state index in [1.807, 2.05) is 30.3 Å². The van der Waals surface area contributed by atoms with Crippen molar-refractivity contribution >= 4 is 5.97 Å². The quantitative estimate of drug-likeness (QED) is 0.298. The summed E-state index contributed by atoms with van der Waals surface area (Å²) in [5, 5.41) is 9.15. The molecule has 3 aromatic carbocycles. The summed E-state index contributed by atoms with van der Waals surface area (Å²) in [5.41, 5.74) is 9.21. The number of ether oxygens (including phenoxy) is 2. The predicted octanol–water partition coefficient (Wildman–Crippen LogP) is 7.19. The Hall–Kier alpha value is -4.19. The maximum Gasteiger partial charge on any atom is 0.304 e. The SMILES string of the molecule is Cc1cc(-c2ccncc2)cc(C)c1-c1ccc(F)c2c1CCC2Oc1ccc2c(c1)OCC2CC(=O)O. The van der Waals surface area contributed by atoms with E-state index in [0.29, 0.717) is 30.1 Å². The highest BCUT2D eigenvalue weighted by Crippen LogP contribution is 2.45. The third-order valence-corrected chi connectivity index (χ3v) is 7.66. The maximum absolute atomic E-state index is 15.3. The second kappa shape index (κ2) is 9.60. The van der Waals surface area contributed by atoms with Crippen LogP contribution in [0.4, 0.5) is 4.39 Å². The Morgan fingerprint density at radius 3 is 2.55 bits per heavy atom. The minimum absolute atomic E-state index is 0.0273. The van der Waals surface area contributed by atoms with Gasteiger partial charge in [0.15, 0.2) is 0 Å². The van der Waals surface area contributed by atoms with Gasteiger partial charge in [-0.05, 0) is 89.9 Å². The average Bonchev–Trinajstić information content (AvgIpc) is 3.50. The smallest absolute Gasteiger partial charge is 0.304 e. The van der Waals surface area contributed by atoms with E-state index in [4.69, 9.17) is 14.6 Å². The number of aliphatic carboxylic acids is 1. The molecule has 6 heteroatoms. The molecular formula is C32H28FNO4. The first-order valence-electron chi connectivity index (χ1n) is 12.9. The van der Waals surface area contributed by atoms with Crippen molar-refractivity contribution in [1.82, 2.24) is 4.98 Å². The van der Waals surface area contributed by atoms with Crippen LogP contribution in [0.2, 0.25) is 0 Å². The lowest BCUT2D eigenvalue weighted by atomic mass is 9.88. The number of fused-ring (bicyclic) bond motifs is 2. The molecule has 5 nitrogen and oxygen atoms in total. The Bertz CT molecular complexity index is 1530. The van der Waals surface area contributed by atoms with E-state index in [9.17, 15) is 4.79 Å². The number of rotatable bonds is 6. The molecule has 0 saturated heterocycles. The molecule has 0 saturated carbocycles. The van der Waals surface area contributed by atoms with Gasteiger partial charge in [0.2, 0.25) is 0 Å². The minimum atomic E-state index is -0.849. The summed E-state index contributed by atoms with van der Waals surface area (Å²) < 4.78 is 27.3. The van der Waals surface area contributed by atoms with Crippen LogP contribution >= 0.6 is 0 Å². The zero-order valence-corrected chi connectivity index (χ0v) is 21.3. The van der Waals surface area contributed by atoms with Gasteiger partial charge in [-0.1, -0.05) is 24.3 Å². The van der Waals surface area contributed by atoms with Gasteiger partial charge >= 0.3 is 5.97 Å². The van der Waals surface area contributed by atoms with Gasteiger partial charge in [0, 0.05) is 35.5 Å². The van der Waals surface area contributed by atoms with Gasteiger partial charge in [0.1, 0.15) is 23.4 Å². The fraction of sp³-hybridized carbons (Fsp3) is 0.250. The van der Waals surface area contributed by atoms with Crippen LogP contribution in [0.15, 0.2) is 67.0 Å². The van der Waals surface area contributed by atoms with Gasteiger partial charge in [0.05, 0.1) is 13.0 Å². The zero-order valence-electron chi connectivity index (χ0n) is 21.3. The summed E-state index contributed by atoms with van der Waals surface area (Å²) in [4.78, 5) is 15.3. The lowest BCUT2D eigenvalue weighted by Gasteiger charge is -2.19. The van der Waals surface area contributed by atoms with E-state index >= 15 is 4.39 Å². The minimum Gasteiger partial charge on any atom is -0.492 e. The van der Waals surface area contributed by atoms with Crippen LogP contribution < -0.4 is 9.47 Å². The maximum atomic E-state index is 15.3. The van der Waals surface area contributed by atoms with Crippen molar-refractivity contribution in [3.8, 4) is 33.8 Å². The molecule has 2 unspecified atom stereocenters. The van der Waals surface area contributed by atoms with E-state index in [1.54, 1.807) is 24.5 Å². The number of hydrogen-bond donors (Lipinski definition) is 1. The Morgan fingerprint density at radius 2 is 1.82 bits per heavy atom. The first-order chi connectivity index (χ1) is 18.4. The number of carbonyl (C=O) groups is 1. The molecule has 4 aromatic rings. The highest BCUT2D eigenvalue weighted by molar-refractivity contribution is 5.79. The Kier molecular flexibility index (Phi) is 6.10. The van der Waals surface area contributed by atoms with E-state index < -0.39 is 12.1 Å². The summed E-state index contributed by atoms with van der Waals surface area (Å²) in [6.07, 6.45) is 4.61. The molecular weight excluding hydrogens is 481 g/mol. The standard InChI is InChI=1S/C32H28FNO4/c1-18-13-21(20-9-11-34-12-10-20)14-19(2)31(18)25-5-7-27(33)32-26(25)6-8-28(32)38-23-3-4-24-22(15-30(35)36)17-37-29(24)16-23/h3-5,7,9-14,16,22,28H,6,8,15,17H2,1-2H3,(H,35,36). The van der Waals surface area contributed by atoms with Crippen LogP contribution in [-0.2, 0) is 11.2 Å². The van der Waals surface area contributed by atoms with E-state index in [0.717, 1.165) is 50.9 Å². The molecule has 1 aromatic heterocycles. The molecule has 1 aliphatic heterocycles. The number of halogens is 1. The first-order valence-corrected chi connectivity index (χ1v) is 12.9. The molecule has 0 radical (unpaired) electrons. The molecule has 1 aliphatic carbocycles. The summed E-state index contributed by atoms with van der Waals surface area (Å²) in [6.45, 7) is 4.55. The first kappa shape index (κ1) is 24.2. The molecule has 2 aliphatic rings. The van der Waals surface area contributed by atoms with Gasteiger partial charge in [-0.2, -0.15) is 0 Å². The van der Waals surface area contributed by atoms with Crippen LogP contribution in [0.1, 0.15) is 52.7 Å². The van der Waals surface area contributed by atoms with Crippen molar-refractivity contribution < 1.29 is 23.8 Å². The molecule has 0 amide bonds. The van der Waals surface area contributed by atoms with Crippen LogP contribution in [0.5, 0.6) is 11.5 Å². The van der Waals surface area contributed by atoms with Crippen molar-refractivity contribution in [3.05, 3.63) is 101 Å². The van der Waals surface area contributed by atoms with E-state index in [2.05, 4.69) is 31.0 Å². The molecule has 0 bridgehead atoms. The number of aromatic nitrogens is 1. The lowest BCUT2D eigenvalue weighted by Crippen LogP contribution is -2.07. The molecule has 2 heterocycles. The topological polar surface area (TPSA) is 68.7 Å². The highest BCUT2D eigenvalue weighted by atomic mass is 19.1. The molecule has 1 N–H and O–H groups in total. The Balaban J connectivity index is 1.31. The number of carboxylic acid groups (broad SMARTS) is 1. The number of nitrogens with zero attached hydrogens (tertiary/aromatic N) is 1. The monoisotopic (exact) mass is 509 g/mol. The van der Waals surface area contributed by atoms with Gasteiger partial charge in [0.25, 0.3) is 0 Å². The summed E-state index contributed by atoms with van der Waals surface area (Å²) in [6, 6.07) is 17.3. The summed E-state index contributed by atoms with van der Waals surface area (Å²) >= 11 is 0. The molecule has 2 atom stereocenters. The summed E-state index contributed by atoms with van der Waals surface area (Å²) in [7, 11) is 0. The fourth-order valence-electron chi connectivity index (χ4n) is 6.00. The number of hydrogen-bond acceptors (Lipinski definition) is 4. The van der Waals surface area contributed by atoms with Gasteiger partial charge < -0.3 is 14.6 Å². The Labute approximate surface area is 220 Å². The third kappa shape index (κ3) is 4.30. The molecule has 38 heavy (non-hydrogen) atoms. The van der Waals surface area contributed by atoms with Gasteiger partial charge in [-0.25, -0.2) is 4.39 Å². The number of carboxylic acids is 1. The summed E-state index contributed by atoms with van der Waals surface area (Å²) in [5.74, 6) is -0.0367. The number of pyridine rings is 1. The number of aryl methyl sites for hydroxylation is 2. The second-order valence-corrected chi connectivity index (χ2v) is 10.2. The molecule has 6 rings (SSSR count). The van der Waals surface area contributed by atoms with Crippen molar-refractivity contribution in [2.24, 2.45) is 0 Å². The van der Waals surface area contributed by atoms with Crippen molar-refractivity contribution in [2.75, 3.05) is 6.61 Å². The van der Waals surface area contributed by atoms with Crippen molar-refractivity contribution in [3.63, 3.8) is 0 Å². The second-order valence-electron chi connectivity index (χ2n) is 10.2. The fourth-order valence-corrected chi connectivity index (χ4v) is 6.00.